The number of hydrogen-bond acceptors (Lipinski definition) is 2. The summed E-state index contributed by atoms with van der Waals surface area (Å²) in [5.74, 6) is 1.52. The highest BCUT2D eigenvalue weighted by molar-refractivity contribution is 8.14. The molecule has 0 N–H and O–H groups in total. The van der Waals surface area contributed by atoms with Gasteiger partial charge in [0.05, 0.1) is 0 Å². The molecule has 2 aromatic rings. The molecule has 1 fully saturated rings. The Labute approximate surface area is 158 Å². The quantitative estimate of drug-likeness (QED) is 0.513. The predicted octanol–water partition coefficient (Wildman–Crippen LogP) is 7.24. The molecular formula is C22H24F2OS. The van der Waals surface area contributed by atoms with Gasteiger partial charge < -0.3 is 0 Å². The topological polar surface area (TPSA) is 17.1 Å². The Morgan fingerprint density at radius 2 is 1.62 bits per heavy atom. The molecule has 0 saturated heterocycles. The molecule has 0 aromatic heterocycles. The number of carbonyl (C=O) groups is 1. The molecule has 0 unspecified atom stereocenters. The Morgan fingerprint density at radius 3 is 2.15 bits per heavy atom. The molecule has 138 valence electrons. The monoisotopic (exact) mass is 374 g/mol. The van der Waals surface area contributed by atoms with Gasteiger partial charge in [-0.3, -0.25) is 4.79 Å². The molecule has 3 rings (SSSR count). The Balaban J connectivity index is 1.59. The van der Waals surface area contributed by atoms with Crippen LogP contribution in [0.4, 0.5) is 8.78 Å². The lowest BCUT2D eigenvalue weighted by Crippen LogP contribution is -2.12. The van der Waals surface area contributed by atoms with E-state index in [4.69, 9.17) is 0 Å². The molecule has 0 amide bonds. The largest absolute Gasteiger partial charge is 0.281 e. The molecule has 1 aliphatic carbocycles. The number of hydrogen-bond donors (Lipinski definition) is 0. The van der Waals surface area contributed by atoms with Gasteiger partial charge in [0, 0.05) is 16.0 Å². The van der Waals surface area contributed by atoms with Gasteiger partial charge in [-0.25, -0.2) is 8.78 Å². The second-order valence-corrected chi connectivity index (χ2v) is 8.05. The minimum absolute atomic E-state index is 0.0614. The van der Waals surface area contributed by atoms with Gasteiger partial charge in [0.15, 0.2) is 0 Å². The maximum atomic E-state index is 12.6. The first-order chi connectivity index (χ1) is 12.6. The Morgan fingerprint density at radius 1 is 1.00 bits per heavy atom. The van der Waals surface area contributed by atoms with Crippen LogP contribution in [0.2, 0.25) is 0 Å². The van der Waals surface area contributed by atoms with Gasteiger partial charge in [-0.2, -0.15) is 0 Å². The van der Waals surface area contributed by atoms with E-state index in [9.17, 15) is 13.6 Å². The molecule has 26 heavy (non-hydrogen) atoms. The molecule has 1 aliphatic rings. The van der Waals surface area contributed by atoms with Crippen molar-refractivity contribution in [1.82, 2.24) is 0 Å². The fourth-order valence-corrected chi connectivity index (χ4v) is 4.38. The number of thioether (sulfide) groups is 1. The van der Waals surface area contributed by atoms with E-state index in [1.165, 1.54) is 61.9 Å². The maximum absolute atomic E-state index is 12.6. The summed E-state index contributed by atoms with van der Waals surface area (Å²) in [5, 5.41) is -0.123. The lowest BCUT2D eigenvalue weighted by molar-refractivity contribution is 0.108. The third-order valence-corrected chi connectivity index (χ3v) is 6.31. The summed E-state index contributed by atoms with van der Waals surface area (Å²) >= 11 is 1.14. The zero-order valence-corrected chi connectivity index (χ0v) is 15.8. The van der Waals surface area contributed by atoms with Crippen molar-refractivity contribution < 1.29 is 13.6 Å². The molecule has 0 bridgehead atoms. The summed E-state index contributed by atoms with van der Waals surface area (Å²) in [6, 6.07) is 13.8. The average molecular weight is 374 g/mol. The van der Waals surface area contributed by atoms with E-state index in [-0.39, 0.29) is 10.7 Å². The molecule has 0 heterocycles. The summed E-state index contributed by atoms with van der Waals surface area (Å²) in [6.45, 7) is 2.27. The SMILES string of the molecule is CCC1CCC(c2ccc(SC(=O)c3ccc(C(F)F)cc3)cc2)CC1. The second kappa shape index (κ2) is 8.81. The standard InChI is InChI=1S/C22H24F2OS/c1-2-15-3-5-16(6-4-15)17-11-13-20(14-12-17)26-22(25)19-9-7-18(8-10-19)21(23)24/h7-16,21H,2-6H2,1H3. The highest BCUT2D eigenvalue weighted by Crippen LogP contribution is 2.37. The summed E-state index contributed by atoms with van der Waals surface area (Å²) in [4.78, 5) is 13.2. The van der Waals surface area contributed by atoms with Crippen LogP contribution in [0.15, 0.2) is 53.4 Å². The van der Waals surface area contributed by atoms with E-state index in [0.29, 0.717) is 11.5 Å². The van der Waals surface area contributed by atoms with E-state index in [0.717, 1.165) is 22.6 Å². The zero-order chi connectivity index (χ0) is 18.5. The van der Waals surface area contributed by atoms with Crippen LogP contribution in [0, 0.1) is 5.92 Å². The van der Waals surface area contributed by atoms with E-state index < -0.39 is 6.43 Å². The van der Waals surface area contributed by atoms with Crippen LogP contribution < -0.4 is 0 Å². The van der Waals surface area contributed by atoms with Crippen molar-refractivity contribution in [2.45, 2.75) is 56.3 Å². The van der Waals surface area contributed by atoms with Gasteiger partial charge in [-0.15, -0.1) is 0 Å². The van der Waals surface area contributed by atoms with Crippen molar-refractivity contribution >= 4 is 16.9 Å². The maximum Gasteiger partial charge on any atom is 0.263 e. The molecule has 0 atom stereocenters. The molecule has 4 heteroatoms. The first kappa shape index (κ1) is 19.1. The fourth-order valence-electron chi connectivity index (χ4n) is 3.64. The molecule has 1 nitrogen and oxygen atoms in total. The van der Waals surface area contributed by atoms with Gasteiger partial charge in [-0.1, -0.05) is 49.7 Å². The van der Waals surface area contributed by atoms with Crippen molar-refractivity contribution in [2.24, 2.45) is 5.92 Å². The van der Waals surface area contributed by atoms with E-state index in [1.807, 2.05) is 12.1 Å². The van der Waals surface area contributed by atoms with E-state index >= 15 is 0 Å². The average Bonchev–Trinajstić information content (AvgIpc) is 2.68. The summed E-state index contributed by atoms with van der Waals surface area (Å²) in [7, 11) is 0. The number of halogens is 2. The van der Waals surface area contributed by atoms with Crippen molar-refractivity contribution in [1.29, 1.82) is 0 Å². The van der Waals surface area contributed by atoms with Crippen LogP contribution >= 0.6 is 11.8 Å². The van der Waals surface area contributed by atoms with Crippen LogP contribution in [0.3, 0.4) is 0 Å². The van der Waals surface area contributed by atoms with Gasteiger partial charge in [0.25, 0.3) is 6.43 Å². The van der Waals surface area contributed by atoms with Crippen LogP contribution in [0.5, 0.6) is 0 Å². The normalized spacial score (nSPS) is 20.3. The van der Waals surface area contributed by atoms with Crippen molar-refractivity contribution in [3.63, 3.8) is 0 Å². The Bertz CT molecular complexity index is 717. The Kier molecular flexibility index (Phi) is 6.47. The van der Waals surface area contributed by atoms with Crippen LogP contribution in [-0.4, -0.2) is 5.12 Å². The van der Waals surface area contributed by atoms with E-state index in [1.54, 1.807) is 0 Å². The highest BCUT2D eigenvalue weighted by Gasteiger charge is 2.21. The number of carbonyl (C=O) groups excluding carboxylic acids is 1. The zero-order valence-electron chi connectivity index (χ0n) is 15.0. The number of alkyl halides is 2. The molecular weight excluding hydrogens is 350 g/mol. The Hall–Kier alpha value is -1.68. The van der Waals surface area contributed by atoms with Crippen LogP contribution in [0.1, 0.15) is 72.9 Å². The lowest BCUT2D eigenvalue weighted by atomic mass is 9.78. The summed E-state index contributed by atoms with van der Waals surface area (Å²) in [5.41, 5.74) is 1.74. The number of rotatable bonds is 5. The second-order valence-electron chi connectivity index (χ2n) is 7.01. The first-order valence-corrected chi connectivity index (χ1v) is 10.1. The third kappa shape index (κ3) is 4.73. The minimum atomic E-state index is -2.51. The molecule has 2 aromatic carbocycles. The fraction of sp³-hybridized carbons (Fsp3) is 0.409. The van der Waals surface area contributed by atoms with Crippen molar-refractivity contribution in [2.75, 3.05) is 0 Å². The van der Waals surface area contributed by atoms with Gasteiger partial charge in [-0.05, 0) is 67.0 Å². The summed E-state index contributed by atoms with van der Waals surface area (Å²) < 4.78 is 25.2. The molecule has 0 radical (unpaired) electrons. The van der Waals surface area contributed by atoms with Crippen molar-refractivity contribution in [3.8, 4) is 0 Å². The molecule has 0 spiro atoms. The van der Waals surface area contributed by atoms with Gasteiger partial charge in [0.1, 0.15) is 0 Å². The third-order valence-electron chi connectivity index (χ3n) is 5.38. The van der Waals surface area contributed by atoms with Crippen LogP contribution in [-0.2, 0) is 0 Å². The highest BCUT2D eigenvalue weighted by atomic mass is 32.2. The van der Waals surface area contributed by atoms with Gasteiger partial charge >= 0.3 is 0 Å². The summed E-state index contributed by atoms with van der Waals surface area (Å²) in [6.07, 6.45) is 3.89. The van der Waals surface area contributed by atoms with Gasteiger partial charge in [0.2, 0.25) is 5.12 Å². The molecule has 0 aliphatic heterocycles. The van der Waals surface area contributed by atoms with Crippen LogP contribution in [0.25, 0.3) is 0 Å². The smallest absolute Gasteiger partial charge is 0.263 e. The molecule has 1 saturated carbocycles. The number of benzene rings is 2. The first-order valence-electron chi connectivity index (χ1n) is 9.27. The lowest BCUT2D eigenvalue weighted by Gasteiger charge is -2.28. The van der Waals surface area contributed by atoms with E-state index in [2.05, 4.69) is 19.1 Å². The minimum Gasteiger partial charge on any atom is -0.281 e. The van der Waals surface area contributed by atoms with Crippen molar-refractivity contribution in [3.05, 3.63) is 65.2 Å². The predicted molar refractivity (Wildman–Crippen MR) is 103 cm³/mol.